The SMILES string of the molecule is O=C(Nc1cccc(I)c1)NC(Cc1cnc[nH]1)C(=O)O. The van der Waals surface area contributed by atoms with Gasteiger partial charge in [-0.25, -0.2) is 14.6 Å². The summed E-state index contributed by atoms with van der Waals surface area (Å²) in [5, 5.41) is 14.2. The molecule has 0 fully saturated rings. The summed E-state index contributed by atoms with van der Waals surface area (Å²) < 4.78 is 0.970. The monoisotopic (exact) mass is 400 g/mol. The number of anilines is 1. The van der Waals surface area contributed by atoms with E-state index < -0.39 is 18.0 Å². The Labute approximate surface area is 134 Å². The first kappa shape index (κ1) is 15.3. The molecule has 2 rings (SSSR count). The van der Waals surface area contributed by atoms with Crippen LogP contribution in [-0.4, -0.2) is 33.1 Å². The molecule has 1 aromatic heterocycles. The summed E-state index contributed by atoms with van der Waals surface area (Å²) in [6, 6.07) is 5.60. The Bertz CT molecular complexity index is 630. The number of carboxylic acids is 1. The third-order valence-electron chi connectivity index (χ3n) is 2.66. The molecule has 7 nitrogen and oxygen atoms in total. The van der Waals surface area contributed by atoms with Gasteiger partial charge >= 0.3 is 12.0 Å². The minimum atomic E-state index is -1.11. The zero-order valence-corrected chi connectivity index (χ0v) is 13.0. The third kappa shape index (κ3) is 4.74. The van der Waals surface area contributed by atoms with Crippen LogP contribution in [0, 0.1) is 3.57 Å². The Morgan fingerprint density at radius 1 is 1.43 bits per heavy atom. The van der Waals surface area contributed by atoms with Crippen LogP contribution in [0.4, 0.5) is 10.5 Å². The molecule has 21 heavy (non-hydrogen) atoms. The van der Waals surface area contributed by atoms with E-state index in [0.717, 1.165) is 3.57 Å². The average Bonchev–Trinajstić information content (AvgIpc) is 2.90. The molecule has 2 aromatic rings. The van der Waals surface area contributed by atoms with Crippen molar-refractivity contribution in [2.45, 2.75) is 12.5 Å². The minimum absolute atomic E-state index is 0.134. The van der Waals surface area contributed by atoms with Gasteiger partial charge in [0.1, 0.15) is 6.04 Å². The largest absolute Gasteiger partial charge is 0.480 e. The Morgan fingerprint density at radius 3 is 2.86 bits per heavy atom. The molecule has 4 N–H and O–H groups in total. The van der Waals surface area contributed by atoms with Crippen molar-refractivity contribution in [1.82, 2.24) is 15.3 Å². The van der Waals surface area contributed by atoms with E-state index in [9.17, 15) is 9.59 Å². The molecule has 0 saturated heterocycles. The van der Waals surface area contributed by atoms with E-state index in [1.165, 1.54) is 12.5 Å². The van der Waals surface area contributed by atoms with Crippen LogP contribution in [-0.2, 0) is 11.2 Å². The Kier molecular flexibility index (Phi) is 5.14. The van der Waals surface area contributed by atoms with Gasteiger partial charge in [0, 0.05) is 27.6 Å². The number of amides is 2. The topological polar surface area (TPSA) is 107 Å². The number of hydrogen-bond donors (Lipinski definition) is 4. The van der Waals surface area contributed by atoms with E-state index in [1.807, 2.05) is 6.07 Å². The number of urea groups is 1. The summed E-state index contributed by atoms with van der Waals surface area (Å²) in [5.41, 5.74) is 1.24. The van der Waals surface area contributed by atoms with Gasteiger partial charge in [0.25, 0.3) is 0 Å². The van der Waals surface area contributed by atoms with Crippen LogP contribution in [0.25, 0.3) is 0 Å². The first-order valence-corrected chi connectivity index (χ1v) is 7.15. The second-order valence-electron chi connectivity index (χ2n) is 4.28. The highest BCUT2D eigenvalue weighted by Crippen LogP contribution is 2.12. The van der Waals surface area contributed by atoms with Crippen molar-refractivity contribution in [3.8, 4) is 0 Å². The van der Waals surface area contributed by atoms with Crippen molar-refractivity contribution < 1.29 is 14.7 Å². The van der Waals surface area contributed by atoms with Gasteiger partial charge in [0.2, 0.25) is 0 Å². The van der Waals surface area contributed by atoms with Crippen molar-refractivity contribution in [1.29, 1.82) is 0 Å². The second-order valence-corrected chi connectivity index (χ2v) is 5.53. The molecule has 1 atom stereocenters. The summed E-state index contributed by atoms with van der Waals surface area (Å²) in [7, 11) is 0. The normalized spacial score (nSPS) is 11.7. The molecule has 110 valence electrons. The Hall–Kier alpha value is -2.10. The van der Waals surface area contributed by atoms with Crippen molar-refractivity contribution >= 4 is 40.3 Å². The van der Waals surface area contributed by atoms with Crippen LogP contribution in [0.2, 0.25) is 0 Å². The quantitative estimate of drug-likeness (QED) is 0.575. The smallest absolute Gasteiger partial charge is 0.326 e. The predicted octanol–water partition coefficient (Wildman–Crippen LogP) is 1.83. The van der Waals surface area contributed by atoms with Crippen LogP contribution in [0.3, 0.4) is 0 Å². The lowest BCUT2D eigenvalue weighted by Crippen LogP contribution is -2.44. The predicted molar refractivity (Wildman–Crippen MR) is 85.0 cm³/mol. The van der Waals surface area contributed by atoms with Crippen LogP contribution in [0.15, 0.2) is 36.8 Å². The second kappa shape index (κ2) is 7.07. The van der Waals surface area contributed by atoms with Gasteiger partial charge in [-0.3, -0.25) is 0 Å². The summed E-state index contributed by atoms with van der Waals surface area (Å²) >= 11 is 2.13. The number of hydrogen-bond acceptors (Lipinski definition) is 3. The van der Waals surface area contributed by atoms with E-state index in [-0.39, 0.29) is 6.42 Å². The molecule has 0 bridgehead atoms. The molecule has 0 aliphatic heterocycles. The van der Waals surface area contributed by atoms with E-state index in [1.54, 1.807) is 18.2 Å². The molecule has 1 unspecified atom stereocenters. The van der Waals surface area contributed by atoms with E-state index >= 15 is 0 Å². The number of carbonyl (C=O) groups excluding carboxylic acids is 1. The van der Waals surface area contributed by atoms with E-state index in [4.69, 9.17) is 5.11 Å². The Morgan fingerprint density at radius 2 is 2.24 bits per heavy atom. The van der Waals surface area contributed by atoms with Crippen LogP contribution in [0.1, 0.15) is 5.69 Å². The van der Waals surface area contributed by atoms with Crippen molar-refractivity contribution in [3.63, 3.8) is 0 Å². The number of rotatable bonds is 5. The number of nitrogens with zero attached hydrogens (tertiary/aromatic N) is 1. The number of carboxylic acid groups (broad SMARTS) is 1. The van der Waals surface area contributed by atoms with Crippen LogP contribution in [0.5, 0.6) is 0 Å². The maximum absolute atomic E-state index is 11.9. The highest BCUT2D eigenvalue weighted by Gasteiger charge is 2.21. The maximum Gasteiger partial charge on any atom is 0.326 e. The number of carbonyl (C=O) groups is 2. The van der Waals surface area contributed by atoms with Gasteiger partial charge in [0.15, 0.2) is 0 Å². The molecule has 1 heterocycles. The molecule has 0 saturated carbocycles. The number of imidazole rings is 1. The fourth-order valence-electron chi connectivity index (χ4n) is 1.71. The lowest BCUT2D eigenvalue weighted by molar-refractivity contribution is -0.139. The lowest BCUT2D eigenvalue weighted by Gasteiger charge is -2.14. The van der Waals surface area contributed by atoms with Gasteiger partial charge in [-0.15, -0.1) is 0 Å². The van der Waals surface area contributed by atoms with Crippen LogP contribution < -0.4 is 10.6 Å². The molecular weight excluding hydrogens is 387 g/mol. The fraction of sp³-hybridized carbons (Fsp3) is 0.154. The molecule has 0 spiro atoms. The highest BCUT2D eigenvalue weighted by atomic mass is 127. The van der Waals surface area contributed by atoms with Crippen LogP contribution >= 0.6 is 22.6 Å². The molecular formula is C13H13IN4O3. The zero-order valence-electron chi connectivity index (χ0n) is 10.8. The summed E-state index contributed by atoms with van der Waals surface area (Å²) in [6.45, 7) is 0. The number of H-pyrrole nitrogens is 1. The van der Waals surface area contributed by atoms with E-state index in [2.05, 4.69) is 43.2 Å². The number of halogens is 1. The number of aromatic amines is 1. The van der Waals surface area contributed by atoms with Crippen molar-refractivity contribution in [2.75, 3.05) is 5.32 Å². The summed E-state index contributed by atoms with van der Waals surface area (Å²) in [4.78, 5) is 29.7. The van der Waals surface area contributed by atoms with Crippen molar-refractivity contribution in [3.05, 3.63) is 46.1 Å². The van der Waals surface area contributed by atoms with Gasteiger partial charge < -0.3 is 20.7 Å². The molecule has 2 amide bonds. The van der Waals surface area contributed by atoms with Gasteiger partial charge in [-0.2, -0.15) is 0 Å². The first-order chi connectivity index (χ1) is 10.0. The lowest BCUT2D eigenvalue weighted by atomic mass is 10.2. The minimum Gasteiger partial charge on any atom is -0.480 e. The standard InChI is InChI=1S/C13H13IN4O3/c14-8-2-1-3-9(4-8)17-13(21)18-11(12(19)20)5-10-6-15-7-16-10/h1-4,6-7,11H,5H2,(H,15,16)(H,19,20)(H2,17,18,21). The van der Waals surface area contributed by atoms with Crippen molar-refractivity contribution in [2.24, 2.45) is 0 Å². The zero-order chi connectivity index (χ0) is 15.2. The molecule has 0 aliphatic rings. The molecule has 1 aromatic carbocycles. The van der Waals surface area contributed by atoms with E-state index in [0.29, 0.717) is 11.4 Å². The van der Waals surface area contributed by atoms with Gasteiger partial charge in [-0.1, -0.05) is 6.07 Å². The number of aliphatic carboxylic acids is 1. The Balaban J connectivity index is 1.96. The number of benzene rings is 1. The van der Waals surface area contributed by atoms with Gasteiger partial charge in [-0.05, 0) is 40.8 Å². The number of aromatic nitrogens is 2. The third-order valence-corrected chi connectivity index (χ3v) is 3.34. The first-order valence-electron chi connectivity index (χ1n) is 6.08. The summed E-state index contributed by atoms with van der Waals surface area (Å²) in [5.74, 6) is -1.11. The molecule has 0 aliphatic carbocycles. The summed E-state index contributed by atoms with van der Waals surface area (Å²) in [6.07, 6.45) is 3.12. The molecule has 8 heteroatoms. The van der Waals surface area contributed by atoms with Gasteiger partial charge in [0.05, 0.1) is 6.33 Å². The molecule has 0 radical (unpaired) electrons. The average molecular weight is 400 g/mol. The number of nitrogens with one attached hydrogen (secondary N) is 3. The fourth-order valence-corrected chi connectivity index (χ4v) is 2.25. The maximum atomic E-state index is 11.9. The highest BCUT2D eigenvalue weighted by molar-refractivity contribution is 14.1.